The fourth-order valence-electron chi connectivity index (χ4n) is 1.98. The summed E-state index contributed by atoms with van der Waals surface area (Å²) in [6, 6.07) is 14.3. The van der Waals surface area contributed by atoms with Gasteiger partial charge in [-0.05, 0) is 59.6 Å². The Hall–Kier alpha value is -0.690. The zero-order chi connectivity index (χ0) is 15.7. The van der Waals surface area contributed by atoms with Crippen LogP contribution in [-0.4, -0.2) is 8.42 Å². The molecule has 0 amide bonds. The summed E-state index contributed by atoms with van der Waals surface area (Å²) in [7, 11) is -3.62. The van der Waals surface area contributed by atoms with Crippen molar-refractivity contribution in [2.75, 3.05) is 0 Å². The summed E-state index contributed by atoms with van der Waals surface area (Å²) in [6.07, 6.45) is 0. The molecule has 0 radical (unpaired) electrons. The lowest BCUT2D eigenvalue weighted by atomic mass is 9.96. The lowest BCUT2D eigenvalue weighted by molar-refractivity contribution is 0.472. The third kappa shape index (κ3) is 3.94. The van der Waals surface area contributed by atoms with E-state index in [9.17, 15) is 8.42 Å². The molecule has 0 aromatic heterocycles. The summed E-state index contributed by atoms with van der Waals surface area (Å²) in [5, 5.41) is 0. The molecule has 1 N–H and O–H groups in total. The Morgan fingerprint density at radius 3 is 2.10 bits per heavy atom. The number of halogens is 2. The van der Waals surface area contributed by atoms with Gasteiger partial charge in [0.25, 0.3) is 0 Å². The van der Waals surface area contributed by atoms with Crippen molar-refractivity contribution in [2.24, 2.45) is 0 Å². The normalized spacial score (nSPS) is 12.4. The number of sulfonamides is 1. The average molecular weight is 433 g/mol. The van der Waals surface area contributed by atoms with Gasteiger partial charge in [0.2, 0.25) is 10.0 Å². The highest BCUT2D eigenvalue weighted by molar-refractivity contribution is 9.10. The second kappa shape index (κ2) is 6.20. The fourth-order valence-corrected chi connectivity index (χ4v) is 4.65. The molecule has 0 aliphatic heterocycles. The van der Waals surface area contributed by atoms with Crippen LogP contribution in [0.15, 0.2) is 62.4 Å². The number of nitrogens with one attached hydrogen (secondary N) is 1. The molecule has 0 saturated heterocycles. The molecule has 0 fully saturated rings. The van der Waals surface area contributed by atoms with Gasteiger partial charge >= 0.3 is 0 Å². The predicted molar refractivity (Wildman–Crippen MR) is 91.6 cm³/mol. The van der Waals surface area contributed by atoms with E-state index >= 15 is 0 Å². The van der Waals surface area contributed by atoms with Crippen molar-refractivity contribution < 1.29 is 8.42 Å². The maximum absolute atomic E-state index is 12.6. The molecule has 0 saturated carbocycles. The molecule has 21 heavy (non-hydrogen) atoms. The molecule has 0 aliphatic carbocycles. The molecule has 2 aromatic rings. The number of benzene rings is 2. The Morgan fingerprint density at radius 2 is 1.52 bits per heavy atom. The van der Waals surface area contributed by atoms with E-state index in [2.05, 4.69) is 36.6 Å². The second-order valence-corrected chi connectivity index (χ2v) is 8.59. The topological polar surface area (TPSA) is 46.2 Å². The van der Waals surface area contributed by atoms with Gasteiger partial charge in [0.15, 0.2) is 0 Å². The Kier molecular flexibility index (Phi) is 4.92. The smallest absolute Gasteiger partial charge is 0.207 e. The molecule has 0 spiro atoms. The van der Waals surface area contributed by atoms with Crippen LogP contribution >= 0.6 is 31.9 Å². The number of rotatable bonds is 4. The van der Waals surface area contributed by atoms with E-state index < -0.39 is 15.6 Å². The van der Waals surface area contributed by atoms with Crippen molar-refractivity contribution in [1.82, 2.24) is 4.72 Å². The highest BCUT2D eigenvalue weighted by Crippen LogP contribution is 2.27. The largest absolute Gasteiger partial charge is 0.242 e. The van der Waals surface area contributed by atoms with Gasteiger partial charge in [-0.2, -0.15) is 0 Å². The SMILES string of the molecule is CC(C)(NS(=O)(=O)c1ccccc1Br)c1ccc(Br)cc1. The minimum atomic E-state index is -3.62. The minimum Gasteiger partial charge on any atom is -0.207 e. The minimum absolute atomic E-state index is 0.232. The van der Waals surface area contributed by atoms with E-state index in [4.69, 9.17) is 0 Å². The predicted octanol–water partition coefficient (Wildman–Crippen LogP) is 4.43. The summed E-state index contributed by atoms with van der Waals surface area (Å²) >= 11 is 6.66. The summed E-state index contributed by atoms with van der Waals surface area (Å²) in [5.41, 5.74) is 0.177. The molecule has 0 bridgehead atoms. The Morgan fingerprint density at radius 1 is 0.952 bits per heavy atom. The van der Waals surface area contributed by atoms with Crippen molar-refractivity contribution >= 4 is 41.9 Å². The van der Waals surface area contributed by atoms with Crippen LogP contribution in [0.25, 0.3) is 0 Å². The van der Waals surface area contributed by atoms with Crippen LogP contribution in [-0.2, 0) is 15.6 Å². The lowest BCUT2D eigenvalue weighted by Crippen LogP contribution is -2.41. The zero-order valence-electron chi connectivity index (χ0n) is 11.6. The molecule has 2 rings (SSSR count). The van der Waals surface area contributed by atoms with Gasteiger partial charge in [0.1, 0.15) is 0 Å². The molecule has 3 nitrogen and oxygen atoms in total. The van der Waals surface area contributed by atoms with Gasteiger partial charge in [-0.15, -0.1) is 0 Å². The van der Waals surface area contributed by atoms with Crippen molar-refractivity contribution in [2.45, 2.75) is 24.3 Å². The summed E-state index contributed by atoms with van der Waals surface area (Å²) in [5.74, 6) is 0. The summed E-state index contributed by atoms with van der Waals surface area (Å²) < 4.78 is 29.4. The van der Waals surface area contributed by atoms with Crippen molar-refractivity contribution in [3.63, 3.8) is 0 Å². The van der Waals surface area contributed by atoms with E-state index in [0.717, 1.165) is 10.0 Å². The molecule has 0 aliphatic rings. The standard InChI is InChI=1S/C15H15Br2NO2S/c1-15(2,11-7-9-12(16)10-8-11)18-21(19,20)14-6-4-3-5-13(14)17/h3-10,18H,1-2H3. The fraction of sp³-hybridized carbons (Fsp3) is 0.200. The first kappa shape index (κ1) is 16.7. The van der Waals surface area contributed by atoms with Crippen molar-refractivity contribution in [1.29, 1.82) is 0 Å². The Balaban J connectivity index is 2.35. The van der Waals surface area contributed by atoms with Gasteiger partial charge in [-0.3, -0.25) is 0 Å². The first-order valence-corrected chi connectivity index (χ1v) is 9.34. The van der Waals surface area contributed by atoms with E-state index in [-0.39, 0.29) is 4.90 Å². The van der Waals surface area contributed by atoms with E-state index in [1.807, 2.05) is 38.1 Å². The second-order valence-electron chi connectivity index (χ2n) is 5.17. The van der Waals surface area contributed by atoms with Gasteiger partial charge < -0.3 is 0 Å². The zero-order valence-corrected chi connectivity index (χ0v) is 15.6. The van der Waals surface area contributed by atoms with E-state index in [1.165, 1.54) is 0 Å². The molecule has 112 valence electrons. The van der Waals surface area contributed by atoms with Crippen LogP contribution < -0.4 is 4.72 Å². The van der Waals surface area contributed by atoms with Crippen LogP contribution in [0.2, 0.25) is 0 Å². The summed E-state index contributed by atoms with van der Waals surface area (Å²) in [4.78, 5) is 0.232. The van der Waals surface area contributed by atoms with Gasteiger partial charge in [-0.1, -0.05) is 40.2 Å². The maximum atomic E-state index is 12.6. The van der Waals surface area contributed by atoms with Crippen molar-refractivity contribution in [3.8, 4) is 0 Å². The first-order chi connectivity index (χ1) is 9.72. The molecular weight excluding hydrogens is 418 g/mol. The third-order valence-corrected chi connectivity index (χ3v) is 6.28. The first-order valence-electron chi connectivity index (χ1n) is 6.27. The lowest BCUT2D eigenvalue weighted by Gasteiger charge is -2.27. The molecular formula is C15H15Br2NO2S. The molecule has 6 heteroatoms. The van der Waals surface area contributed by atoms with Crippen LogP contribution in [0.1, 0.15) is 19.4 Å². The van der Waals surface area contributed by atoms with Crippen LogP contribution in [0, 0.1) is 0 Å². The van der Waals surface area contributed by atoms with Gasteiger partial charge in [0, 0.05) is 8.95 Å². The summed E-state index contributed by atoms with van der Waals surface area (Å²) in [6.45, 7) is 3.68. The molecule has 0 unspecified atom stereocenters. The average Bonchev–Trinajstić information content (AvgIpc) is 2.38. The third-order valence-electron chi connectivity index (χ3n) is 3.08. The van der Waals surface area contributed by atoms with Crippen LogP contribution in [0.4, 0.5) is 0 Å². The monoisotopic (exact) mass is 431 g/mol. The molecule has 0 atom stereocenters. The quantitative estimate of drug-likeness (QED) is 0.776. The Bertz CT molecular complexity index is 741. The van der Waals surface area contributed by atoms with E-state index in [1.54, 1.807) is 24.3 Å². The van der Waals surface area contributed by atoms with Crippen LogP contribution in [0.5, 0.6) is 0 Å². The highest BCUT2D eigenvalue weighted by atomic mass is 79.9. The number of hydrogen-bond donors (Lipinski definition) is 1. The van der Waals surface area contributed by atoms with Crippen LogP contribution in [0.3, 0.4) is 0 Å². The van der Waals surface area contributed by atoms with E-state index in [0.29, 0.717) is 4.47 Å². The number of hydrogen-bond acceptors (Lipinski definition) is 2. The van der Waals surface area contributed by atoms with Gasteiger partial charge in [0.05, 0.1) is 10.4 Å². The molecule has 2 aromatic carbocycles. The van der Waals surface area contributed by atoms with Gasteiger partial charge in [-0.25, -0.2) is 13.1 Å². The van der Waals surface area contributed by atoms with Crippen molar-refractivity contribution in [3.05, 3.63) is 63.0 Å². The Labute approximate surface area is 142 Å². The maximum Gasteiger partial charge on any atom is 0.242 e. The highest BCUT2D eigenvalue weighted by Gasteiger charge is 2.28. The molecule has 0 heterocycles.